The number of halogens is 5. The fraction of sp³-hybridized carbons (Fsp3) is 0.278. The number of fused-ring (bicyclic) bond motifs is 2. The van der Waals surface area contributed by atoms with Gasteiger partial charge in [0.15, 0.2) is 22.3 Å². The molecule has 1 fully saturated rings. The summed E-state index contributed by atoms with van der Waals surface area (Å²) in [5.74, 6) is -0.401. The van der Waals surface area contributed by atoms with Crippen molar-refractivity contribution in [1.29, 1.82) is 0 Å². The van der Waals surface area contributed by atoms with Crippen LogP contribution in [0.15, 0.2) is 24.5 Å². The number of hydrogen-bond donors (Lipinski definition) is 2. The number of aryl methyl sites for hydroxylation is 1. The van der Waals surface area contributed by atoms with Gasteiger partial charge in [-0.25, -0.2) is 28.2 Å². The third-order valence-electron chi connectivity index (χ3n) is 5.20. The van der Waals surface area contributed by atoms with Gasteiger partial charge in [-0.2, -0.15) is 23.4 Å². The molecule has 2 amide bonds. The monoisotopic (exact) mass is 468 g/mol. The first kappa shape index (κ1) is 20.4. The largest absolute Gasteiger partial charge is 0.400 e. The van der Waals surface area contributed by atoms with Crippen LogP contribution >= 0.6 is 11.6 Å². The van der Waals surface area contributed by atoms with E-state index in [1.54, 1.807) is 6.92 Å². The number of urea groups is 1. The summed E-state index contributed by atoms with van der Waals surface area (Å²) in [5, 5.41) is 12.6. The molecule has 32 heavy (non-hydrogen) atoms. The van der Waals surface area contributed by atoms with Gasteiger partial charge < -0.3 is 10.6 Å². The van der Waals surface area contributed by atoms with Gasteiger partial charge >= 0.3 is 12.2 Å². The van der Waals surface area contributed by atoms with Gasteiger partial charge in [-0.3, -0.25) is 0 Å². The van der Waals surface area contributed by atoms with E-state index >= 15 is 0 Å². The zero-order valence-electron chi connectivity index (χ0n) is 16.2. The second kappa shape index (κ2) is 6.76. The normalized spacial score (nSPS) is 15.3. The van der Waals surface area contributed by atoms with Crippen molar-refractivity contribution in [1.82, 2.24) is 29.2 Å². The smallest absolute Gasteiger partial charge is 0.306 e. The lowest BCUT2D eigenvalue weighted by Crippen LogP contribution is -2.33. The molecule has 0 unspecified atom stereocenters. The molecule has 14 heteroatoms. The minimum atomic E-state index is -4.58. The first-order valence-electron chi connectivity index (χ1n) is 9.29. The first-order valence-corrected chi connectivity index (χ1v) is 9.67. The standard InChI is InChI=1S/C18H13ClF4N8O/c1-8-25-15-10(20)4-9(7-30(15)28-8)26-16(32)27-11-6-24-13-5-12(19)29-31(13)14(11)17(2-3-17)18(21,22)23/h4-7H,2-3H2,1H3,(H2,26,27,32). The van der Waals surface area contributed by atoms with Crippen molar-refractivity contribution < 1.29 is 22.4 Å². The highest BCUT2D eigenvalue weighted by Gasteiger charge is 2.66. The maximum atomic E-state index is 14.2. The van der Waals surface area contributed by atoms with E-state index in [0.29, 0.717) is 5.82 Å². The second-order valence-corrected chi connectivity index (χ2v) is 7.81. The van der Waals surface area contributed by atoms with E-state index in [1.807, 2.05) is 0 Å². The van der Waals surface area contributed by atoms with Crippen molar-refractivity contribution in [2.75, 3.05) is 10.6 Å². The van der Waals surface area contributed by atoms with Gasteiger partial charge in [0.2, 0.25) is 0 Å². The molecule has 1 saturated carbocycles. The summed E-state index contributed by atoms with van der Waals surface area (Å²) in [4.78, 5) is 20.5. The van der Waals surface area contributed by atoms with Gasteiger partial charge in [0.1, 0.15) is 11.2 Å². The van der Waals surface area contributed by atoms with Gasteiger partial charge in [0.05, 0.1) is 29.5 Å². The number of aromatic nitrogens is 6. The summed E-state index contributed by atoms with van der Waals surface area (Å²) >= 11 is 5.87. The summed E-state index contributed by atoms with van der Waals surface area (Å²) < 4.78 is 58.0. The Hall–Kier alpha value is -3.48. The molecule has 0 bridgehead atoms. The van der Waals surface area contributed by atoms with Gasteiger partial charge in [-0.15, -0.1) is 0 Å². The van der Waals surface area contributed by atoms with E-state index in [2.05, 4.69) is 30.8 Å². The number of carbonyl (C=O) groups is 1. The fourth-order valence-electron chi connectivity index (χ4n) is 3.64. The number of pyridine rings is 1. The highest BCUT2D eigenvalue weighted by atomic mass is 35.5. The van der Waals surface area contributed by atoms with Crippen LogP contribution in [0.2, 0.25) is 5.15 Å². The van der Waals surface area contributed by atoms with Crippen LogP contribution in [-0.2, 0) is 5.41 Å². The molecule has 9 nitrogen and oxygen atoms in total. The molecular formula is C18H13ClF4N8O. The van der Waals surface area contributed by atoms with E-state index in [1.165, 1.54) is 12.3 Å². The summed E-state index contributed by atoms with van der Waals surface area (Å²) in [6.45, 7) is 1.58. The van der Waals surface area contributed by atoms with Crippen LogP contribution in [0.5, 0.6) is 0 Å². The van der Waals surface area contributed by atoms with Crippen LogP contribution in [0, 0.1) is 12.7 Å². The van der Waals surface area contributed by atoms with Gasteiger partial charge in [0, 0.05) is 12.1 Å². The molecule has 0 radical (unpaired) electrons. The maximum Gasteiger partial charge on any atom is 0.400 e. The third-order valence-corrected chi connectivity index (χ3v) is 5.38. The van der Waals surface area contributed by atoms with Crippen molar-refractivity contribution in [3.63, 3.8) is 0 Å². The van der Waals surface area contributed by atoms with E-state index in [-0.39, 0.29) is 46.4 Å². The van der Waals surface area contributed by atoms with E-state index in [4.69, 9.17) is 11.6 Å². The molecule has 0 atom stereocenters. The van der Waals surface area contributed by atoms with Crippen LogP contribution in [0.25, 0.3) is 11.3 Å². The molecule has 0 aromatic carbocycles. The van der Waals surface area contributed by atoms with Crippen molar-refractivity contribution in [3.8, 4) is 0 Å². The number of nitrogens with zero attached hydrogens (tertiary/aromatic N) is 6. The average Bonchev–Trinajstić information content (AvgIpc) is 3.28. The Kier molecular flexibility index (Phi) is 4.31. The van der Waals surface area contributed by atoms with Gasteiger partial charge in [-0.1, -0.05) is 11.6 Å². The zero-order chi connectivity index (χ0) is 22.8. The highest BCUT2D eigenvalue weighted by Crippen LogP contribution is 2.60. The zero-order valence-corrected chi connectivity index (χ0v) is 17.0. The quantitative estimate of drug-likeness (QED) is 0.441. The van der Waals surface area contributed by atoms with Crippen LogP contribution in [0.4, 0.5) is 33.7 Å². The SMILES string of the molecule is Cc1nc2c(F)cc(NC(=O)Nc3cnc4cc(Cl)nn4c3C3(C(F)(F)F)CC3)cn2n1. The number of anilines is 2. The highest BCUT2D eigenvalue weighted by molar-refractivity contribution is 6.29. The Morgan fingerprint density at radius 2 is 1.97 bits per heavy atom. The Bertz CT molecular complexity index is 1390. The first-order chi connectivity index (χ1) is 15.1. The molecule has 166 valence electrons. The lowest BCUT2D eigenvalue weighted by molar-refractivity contribution is -0.161. The van der Waals surface area contributed by atoms with Crippen molar-refractivity contribution in [2.45, 2.75) is 31.4 Å². The molecule has 4 aromatic heterocycles. The molecule has 5 rings (SSSR count). The Morgan fingerprint density at radius 1 is 1.22 bits per heavy atom. The molecule has 1 aliphatic carbocycles. The molecule has 4 aromatic rings. The van der Waals surface area contributed by atoms with Crippen LogP contribution in [-0.4, -0.2) is 41.4 Å². The maximum absolute atomic E-state index is 14.2. The average molecular weight is 469 g/mol. The van der Waals surface area contributed by atoms with E-state index in [9.17, 15) is 22.4 Å². The van der Waals surface area contributed by atoms with E-state index in [0.717, 1.165) is 21.3 Å². The predicted octanol–water partition coefficient (Wildman–Crippen LogP) is 4.11. The van der Waals surface area contributed by atoms with Crippen molar-refractivity contribution in [2.24, 2.45) is 0 Å². The van der Waals surface area contributed by atoms with Crippen LogP contribution in [0.3, 0.4) is 0 Å². The van der Waals surface area contributed by atoms with Gasteiger partial charge in [0.25, 0.3) is 0 Å². The van der Waals surface area contributed by atoms with Crippen LogP contribution < -0.4 is 10.6 Å². The number of rotatable bonds is 3. The third kappa shape index (κ3) is 3.20. The molecular weight excluding hydrogens is 456 g/mol. The number of alkyl halides is 3. The summed E-state index contributed by atoms with van der Waals surface area (Å²) in [5.41, 5.74) is -2.54. The van der Waals surface area contributed by atoms with Crippen LogP contribution in [0.1, 0.15) is 24.4 Å². The number of amides is 2. The minimum absolute atomic E-state index is 0.0204. The number of carbonyl (C=O) groups excluding carboxylic acids is 1. The molecule has 0 spiro atoms. The number of nitrogens with one attached hydrogen (secondary N) is 2. The summed E-state index contributed by atoms with van der Waals surface area (Å²) in [7, 11) is 0. The molecule has 0 saturated heterocycles. The lowest BCUT2D eigenvalue weighted by Gasteiger charge is -2.23. The van der Waals surface area contributed by atoms with Gasteiger partial charge in [-0.05, 0) is 19.8 Å². The number of hydrogen-bond acceptors (Lipinski definition) is 5. The topological polar surface area (TPSA) is 102 Å². The predicted molar refractivity (Wildman–Crippen MR) is 105 cm³/mol. The summed E-state index contributed by atoms with van der Waals surface area (Å²) in [6, 6.07) is 1.44. The Balaban J connectivity index is 1.50. The minimum Gasteiger partial charge on any atom is -0.306 e. The second-order valence-electron chi connectivity index (χ2n) is 7.42. The fourth-order valence-corrected chi connectivity index (χ4v) is 3.82. The molecule has 0 aliphatic heterocycles. The Labute approximate surface area is 181 Å². The van der Waals surface area contributed by atoms with Crippen molar-refractivity contribution in [3.05, 3.63) is 47.0 Å². The van der Waals surface area contributed by atoms with Crippen molar-refractivity contribution >= 4 is 40.3 Å². The Morgan fingerprint density at radius 3 is 2.66 bits per heavy atom. The molecule has 1 aliphatic rings. The lowest BCUT2D eigenvalue weighted by atomic mass is 10.00. The molecule has 4 heterocycles. The summed E-state index contributed by atoms with van der Waals surface area (Å²) in [6.07, 6.45) is -2.48. The molecule has 2 N–H and O–H groups in total. The van der Waals surface area contributed by atoms with E-state index < -0.39 is 23.4 Å².